The highest BCUT2D eigenvalue weighted by atomic mass is 16.5. The Labute approximate surface area is 189 Å². The summed E-state index contributed by atoms with van der Waals surface area (Å²) in [5, 5.41) is 12.2. The summed E-state index contributed by atoms with van der Waals surface area (Å²) in [5.74, 6) is -4.56. The normalized spacial score (nSPS) is 24.8. The molecule has 4 rings (SSSR count). The van der Waals surface area contributed by atoms with Gasteiger partial charge in [-0.2, -0.15) is 0 Å². The molecule has 3 amide bonds. The van der Waals surface area contributed by atoms with E-state index in [0.717, 1.165) is 5.56 Å². The van der Waals surface area contributed by atoms with Crippen LogP contribution in [0.3, 0.4) is 0 Å². The van der Waals surface area contributed by atoms with Crippen LogP contribution >= 0.6 is 0 Å². The van der Waals surface area contributed by atoms with Crippen molar-refractivity contribution in [3.05, 3.63) is 77.9 Å². The number of carbonyl (C=O) groups is 4. The third-order valence-corrected chi connectivity index (χ3v) is 5.84. The highest BCUT2D eigenvalue weighted by molar-refractivity contribution is 5.97. The molecule has 2 aromatic carbocycles. The predicted octanol–water partition coefficient (Wildman–Crippen LogP) is 1.67. The van der Waals surface area contributed by atoms with Crippen LogP contribution in [-0.4, -0.2) is 40.5 Å². The molecule has 2 aliphatic heterocycles. The Morgan fingerprint density at radius 2 is 1.70 bits per heavy atom. The molecule has 9 heteroatoms. The molecule has 1 fully saturated rings. The van der Waals surface area contributed by atoms with Gasteiger partial charge < -0.3 is 15.2 Å². The third-order valence-electron chi connectivity index (χ3n) is 5.84. The second-order valence-corrected chi connectivity index (χ2v) is 8.20. The first-order chi connectivity index (χ1) is 15.8. The van der Waals surface area contributed by atoms with Crippen molar-refractivity contribution in [2.45, 2.75) is 25.0 Å². The van der Waals surface area contributed by atoms with E-state index < -0.39 is 41.3 Å². The van der Waals surface area contributed by atoms with Gasteiger partial charge in [0.2, 0.25) is 11.8 Å². The van der Waals surface area contributed by atoms with Crippen molar-refractivity contribution in [3.63, 3.8) is 0 Å². The van der Waals surface area contributed by atoms with Crippen molar-refractivity contribution in [1.29, 1.82) is 0 Å². The Hall–Kier alpha value is -3.98. The molecule has 4 N–H and O–H groups in total. The van der Waals surface area contributed by atoms with Crippen molar-refractivity contribution >= 4 is 29.4 Å². The number of anilines is 1. The second kappa shape index (κ2) is 8.87. The summed E-state index contributed by atoms with van der Waals surface area (Å²) in [4.78, 5) is 48.9. The number of benzene rings is 2. The average molecular weight is 449 g/mol. The average Bonchev–Trinajstić information content (AvgIpc) is 3.32. The van der Waals surface area contributed by atoms with E-state index in [9.17, 15) is 24.3 Å². The first-order valence-corrected chi connectivity index (χ1v) is 10.4. The van der Waals surface area contributed by atoms with Crippen LogP contribution in [0.4, 0.5) is 5.69 Å². The molecule has 1 saturated heterocycles. The Morgan fingerprint density at radius 3 is 2.36 bits per heavy atom. The quantitative estimate of drug-likeness (QED) is 0.392. The molecule has 33 heavy (non-hydrogen) atoms. The summed E-state index contributed by atoms with van der Waals surface area (Å²) >= 11 is 0. The van der Waals surface area contributed by atoms with E-state index in [1.807, 2.05) is 30.3 Å². The van der Waals surface area contributed by atoms with Gasteiger partial charge in [-0.25, -0.2) is 0 Å². The maximum absolute atomic E-state index is 12.7. The number of rotatable bonds is 6. The number of amides is 3. The smallest absolute Gasteiger partial charge is 0.310 e. The summed E-state index contributed by atoms with van der Waals surface area (Å²) in [6.07, 6.45) is 2.87. The number of hydrogen-bond donors (Lipinski definition) is 4. The lowest BCUT2D eigenvalue weighted by atomic mass is 9.76. The molecule has 170 valence electrons. The monoisotopic (exact) mass is 449 g/mol. The fraction of sp³-hybridized carbons (Fsp3) is 0.250. The van der Waals surface area contributed by atoms with Crippen LogP contribution in [0.25, 0.3) is 0 Å². The summed E-state index contributed by atoms with van der Waals surface area (Å²) < 4.78 is 5.64. The molecule has 0 saturated carbocycles. The molecule has 9 nitrogen and oxygen atoms in total. The zero-order valence-corrected chi connectivity index (χ0v) is 17.8. The molecule has 0 aromatic heterocycles. The predicted molar refractivity (Wildman–Crippen MR) is 118 cm³/mol. The van der Waals surface area contributed by atoms with Gasteiger partial charge in [0.25, 0.3) is 5.91 Å². The summed E-state index contributed by atoms with van der Waals surface area (Å²) in [6, 6.07) is 15.5. The van der Waals surface area contributed by atoms with E-state index in [2.05, 4.69) is 16.2 Å². The van der Waals surface area contributed by atoms with E-state index in [0.29, 0.717) is 5.69 Å². The number of hydrazine groups is 1. The van der Waals surface area contributed by atoms with Crippen LogP contribution in [-0.2, 0) is 25.5 Å². The first-order valence-electron chi connectivity index (χ1n) is 10.4. The van der Waals surface area contributed by atoms with E-state index in [1.165, 1.54) is 12.1 Å². The van der Waals surface area contributed by atoms with Gasteiger partial charge in [-0.05, 0) is 36.8 Å². The molecule has 2 aliphatic rings. The van der Waals surface area contributed by atoms with E-state index in [-0.39, 0.29) is 17.9 Å². The minimum absolute atomic E-state index is 0.186. The fourth-order valence-corrected chi connectivity index (χ4v) is 4.24. The van der Waals surface area contributed by atoms with Gasteiger partial charge in [0, 0.05) is 11.3 Å². The summed E-state index contributed by atoms with van der Waals surface area (Å²) in [6.45, 7) is 1.64. The van der Waals surface area contributed by atoms with Crippen molar-refractivity contribution in [1.82, 2.24) is 10.9 Å². The van der Waals surface area contributed by atoms with Crippen LogP contribution in [0.15, 0.2) is 66.7 Å². The summed E-state index contributed by atoms with van der Waals surface area (Å²) in [5.41, 5.74) is 5.24. The lowest BCUT2D eigenvalue weighted by Gasteiger charge is -2.27. The number of carbonyl (C=O) groups excluding carboxylic acids is 3. The first kappa shape index (κ1) is 22.2. The van der Waals surface area contributed by atoms with Gasteiger partial charge in [0.15, 0.2) is 0 Å². The molecular formula is C24H23N3O6. The number of carboxylic acid groups (broad SMARTS) is 1. The Balaban J connectivity index is 1.32. The minimum atomic E-state index is -1.13. The van der Waals surface area contributed by atoms with Crippen LogP contribution < -0.4 is 16.2 Å². The van der Waals surface area contributed by atoms with Crippen LogP contribution in [0.2, 0.25) is 0 Å². The van der Waals surface area contributed by atoms with Crippen molar-refractivity contribution in [2.24, 2.45) is 11.8 Å². The number of ether oxygens (including phenoxy) is 1. The van der Waals surface area contributed by atoms with Crippen LogP contribution in [0.5, 0.6) is 0 Å². The van der Waals surface area contributed by atoms with Gasteiger partial charge in [-0.15, -0.1) is 0 Å². The standard InChI is InChI=1S/C24H23N3O6/c1-24-12-11-17(33-24)19(23(31)32)20(24)22(30)27-26-21(29)15-7-9-16(10-8-15)25-18(28)13-14-5-3-2-4-6-14/h2-12,17,19-20H,13H2,1H3,(H,25,28)(H,26,29)(H,27,30)(H,31,32)/t17-,19-,20+,24+/m1/s1. The maximum Gasteiger partial charge on any atom is 0.310 e. The third kappa shape index (κ3) is 4.63. The molecule has 0 radical (unpaired) electrons. The lowest BCUT2D eigenvalue weighted by Crippen LogP contribution is -2.52. The molecule has 4 atom stereocenters. The number of fused-ring (bicyclic) bond motifs is 2. The van der Waals surface area contributed by atoms with Gasteiger partial charge in [0.05, 0.1) is 24.0 Å². The minimum Gasteiger partial charge on any atom is -0.481 e. The molecule has 0 aliphatic carbocycles. The zero-order chi connectivity index (χ0) is 23.6. The molecule has 0 unspecified atom stereocenters. The molecular weight excluding hydrogens is 426 g/mol. The Morgan fingerprint density at radius 1 is 1.00 bits per heavy atom. The van der Waals surface area contributed by atoms with Crippen LogP contribution in [0, 0.1) is 11.8 Å². The molecule has 2 heterocycles. The Bertz CT molecular complexity index is 1110. The van der Waals surface area contributed by atoms with Gasteiger partial charge >= 0.3 is 5.97 Å². The van der Waals surface area contributed by atoms with E-state index >= 15 is 0 Å². The van der Waals surface area contributed by atoms with Crippen LogP contribution in [0.1, 0.15) is 22.8 Å². The van der Waals surface area contributed by atoms with Gasteiger partial charge in [-0.1, -0.05) is 42.5 Å². The van der Waals surface area contributed by atoms with Gasteiger partial charge in [0.1, 0.15) is 5.92 Å². The number of nitrogens with one attached hydrogen (secondary N) is 3. The fourth-order valence-electron chi connectivity index (χ4n) is 4.24. The molecule has 2 bridgehead atoms. The number of carboxylic acids is 1. The lowest BCUT2D eigenvalue weighted by molar-refractivity contribution is -0.147. The topological polar surface area (TPSA) is 134 Å². The van der Waals surface area contributed by atoms with Crippen molar-refractivity contribution in [3.8, 4) is 0 Å². The van der Waals surface area contributed by atoms with Crippen molar-refractivity contribution in [2.75, 3.05) is 5.32 Å². The van der Waals surface area contributed by atoms with Crippen molar-refractivity contribution < 1.29 is 29.0 Å². The van der Waals surface area contributed by atoms with Gasteiger partial charge in [-0.3, -0.25) is 30.0 Å². The Kier molecular flexibility index (Phi) is 5.97. The summed E-state index contributed by atoms with van der Waals surface area (Å²) in [7, 11) is 0. The highest BCUT2D eigenvalue weighted by Crippen LogP contribution is 2.46. The maximum atomic E-state index is 12.7. The largest absolute Gasteiger partial charge is 0.481 e. The highest BCUT2D eigenvalue weighted by Gasteiger charge is 2.59. The SMILES string of the molecule is C[C@@]12C=C[C@@H](O1)[C@@H](C(=O)O)[C@H]2C(=O)NNC(=O)c1ccc(NC(=O)Cc2ccccc2)cc1. The van der Waals surface area contributed by atoms with E-state index in [1.54, 1.807) is 31.2 Å². The zero-order valence-electron chi connectivity index (χ0n) is 17.8. The van der Waals surface area contributed by atoms with E-state index in [4.69, 9.17) is 4.74 Å². The number of aliphatic carboxylic acids is 1. The number of hydrogen-bond acceptors (Lipinski definition) is 5. The second-order valence-electron chi connectivity index (χ2n) is 8.20. The molecule has 0 spiro atoms. The molecule has 2 aromatic rings.